The van der Waals surface area contributed by atoms with E-state index in [0.29, 0.717) is 24.2 Å². The van der Waals surface area contributed by atoms with Gasteiger partial charge in [-0.25, -0.2) is 0 Å². The van der Waals surface area contributed by atoms with Crippen molar-refractivity contribution in [3.05, 3.63) is 36.2 Å². The molecule has 1 aromatic heterocycles. The number of aromatic hydroxyl groups is 1. The lowest BCUT2D eigenvalue weighted by atomic mass is 9.75. The zero-order valence-corrected chi connectivity index (χ0v) is 14.6. The maximum Gasteiger partial charge on any atom is 0.229 e. The molecule has 3 aliphatic heterocycles. The topological polar surface area (TPSA) is 109 Å². The second-order valence-corrected chi connectivity index (χ2v) is 7.22. The molecule has 2 bridgehead atoms. The molecule has 4 heterocycles. The molecule has 0 radical (unpaired) electrons. The van der Waals surface area contributed by atoms with Crippen LogP contribution in [0.25, 0.3) is 0 Å². The number of carbonyl (C=O) groups is 1. The number of amides is 1. The second kappa shape index (κ2) is 7.05. The fourth-order valence-corrected chi connectivity index (χ4v) is 4.18. The number of piperidine rings is 3. The van der Waals surface area contributed by atoms with Gasteiger partial charge in [0, 0.05) is 37.1 Å². The van der Waals surface area contributed by atoms with Crippen LogP contribution in [0.4, 0.5) is 5.69 Å². The Bertz CT molecular complexity index is 791. The molecule has 0 saturated carbocycles. The fraction of sp³-hybridized carbons (Fsp3) is 0.500. The molecule has 138 valence electrons. The number of rotatable bonds is 5. The summed E-state index contributed by atoms with van der Waals surface area (Å²) >= 11 is 0. The van der Waals surface area contributed by atoms with Crippen molar-refractivity contribution >= 4 is 11.6 Å². The third-order valence-electron chi connectivity index (χ3n) is 5.52. The molecule has 1 amide bonds. The van der Waals surface area contributed by atoms with Gasteiger partial charge in [0.15, 0.2) is 0 Å². The summed E-state index contributed by atoms with van der Waals surface area (Å²) in [5, 5.41) is 20.7. The summed E-state index contributed by atoms with van der Waals surface area (Å²) in [4.78, 5) is 15.1. The Balaban J connectivity index is 1.39. The maximum absolute atomic E-state index is 12.7. The predicted octanol–water partition coefficient (Wildman–Crippen LogP) is 0.791. The van der Waals surface area contributed by atoms with Crippen LogP contribution >= 0.6 is 0 Å². The first-order valence-electron chi connectivity index (χ1n) is 9.05. The molecule has 1 unspecified atom stereocenters. The molecule has 26 heavy (non-hydrogen) atoms. The van der Waals surface area contributed by atoms with Gasteiger partial charge in [-0.3, -0.25) is 14.4 Å². The first-order chi connectivity index (χ1) is 12.6. The normalized spacial score (nSPS) is 27.4. The first kappa shape index (κ1) is 17.0. The number of hydrogen-bond donors (Lipinski definition) is 3. The summed E-state index contributed by atoms with van der Waals surface area (Å²) in [7, 11) is 0. The molecule has 8 heteroatoms. The minimum Gasteiger partial charge on any atom is -0.508 e. The Kier molecular flexibility index (Phi) is 4.60. The summed E-state index contributed by atoms with van der Waals surface area (Å²) in [5.74, 6) is 0.550. The van der Waals surface area contributed by atoms with Gasteiger partial charge in [-0.15, -0.1) is 5.10 Å². The number of nitrogens with one attached hydrogen (secondary N) is 1. The van der Waals surface area contributed by atoms with Crippen molar-refractivity contribution in [3.63, 3.8) is 0 Å². The number of aromatic nitrogens is 3. The van der Waals surface area contributed by atoms with Crippen LogP contribution in [0.15, 0.2) is 30.5 Å². The highest BCUT2D eigenvalue weighted by Crippen LogP contribution is 2.37. The van der Waals surface area contributed by atoms with Gasteiger partial charge < -0.3 is 16.2 Å². The van der Waals surface area contributed by atoms with Crippen molar-refractivity contribution in [2.24, 2.45) is 17.6 Å². The molecule has 3 aliphatic rings. The summed E-state index contributed by atoms with van der Waals surface area (Å²) in [6.45, 7) is 2.96. The smallest absolute Gasteiger partial charge is 0.229 e. The minimum absolute atomic E-state index is 0.0160. The Morgan fingerprint density at radius 3 is 3.00 bits per heavy atom. The van der Waals surface area contributed by atoms with Gasteiger partial charge in [0.2, 0.25) is 5.91 Å². The van der Waals surface area contributed by atoms with Crippen LogP contribution in [0.5, 0.6) is 5.75 Å². The lowest BCUT2D eigenvalue weighted by molar-refractivity contribution is -0.127. The number of nitrogens with two attached hydrogens (primary N) is 1. The average molecular weight is 356 g/mol. The van der Waals surface area contributed by atoms with Crippen LogP contribution in [0, 0.1) is 11.8 Å². The minimum atomic E-state index is -0.0160. The lowest BCUT2D eigenvalue weighted by Gasteiger charge is -2.49. The van der Waals surface area contributed by atoms with Crippen LogP contribution < -0.4 is 11.1 Å². The van der Waals surface area contributed by atoms with E-state index < -0.39 is 0 Å². The van der Waals surface area contributed by atoms with Crippen molar-refractivity contribution in [2.45, 2.75) is 32.0 Å². The van der Waals surface area contributed by atoms with E-state index in [1.165, 1.54) is 0 Å². The monoisotopic (exact) mass is 356 g/mol. The SMILES string of the molecule is NCc1cn(C[C@H]2C[C@H]3CCN2C[C@@H]3C(=O)Nc2cccc(O)c2)nn1. The zero-order valence-electron chi connectivity index (χ0n) is 14.6. The van der Waals surface area contributed by atoms with Gasteiger partial charge in [0.25, 0.3) is 0 Å². The highest BCUT2D eigenvalue weighted by molar-refractivity contribution is 5.93. The number of phenols is 1. The van der Waals surface area contributed by atoms with Crippen LogP contribution in [-0.4, -0.2) is 50.0 Å². The molecule has 3 saturated heterocycles. The number of hydrogen-bond acceptors (Lipinski definition) is 6. The summed E-state index contributed by atoms with van der Waals surface area (Å²) < 4.78 is 1.86. The standard InChI is InChI=1S/C18H24N6O2/c19-8-14-9-24(22-21-14)10-15-6-12-4-5-23(15)11-17(12)18(26)20-13-2-1-3-16(25)7-13/h1-3,7,9,12,15,17,25H,4-6,8,10-11,19H2,(H,20,26)/t12-,15-,17+/m1/s1. The van der Waals surface area contributed by atoms with Crippen LogP contribution in [0.1, 0.15) is 18.5 Å². The highest BCUT2D eigenvalue weighted by atomic mass is 16.3. The largest absolute Gasteiger partial charge is 0.508 e. The third kappa shape index (κ3) is 3.42. The Labute approximate surface area is 152 Å². The van der Waals surface area contributed by atoms with Gasteiger partial charge in [0.1, 0.15) is 5.75 Å². The van der Waals surface area contributed by atoms with Crippen molar-refractivity contribution in [3.8, 4) is 5.75 Å². The van der Waals surface area contributed by atoms with Gasteiger partial charge in [-0.2, -0.15) is 0 Å². The van der Waals surface area contributed by atoms with Crippen LogP contribution in [0.3, 0.4) is 0 Å². The summed E-state index contributed by atoms with van der Waals surface area (Å²) in [6, 6.07) is 7.06. The summed E-state index contributed by atoms with van der Waals surface area (Å²) in [6.07, 6.45) is 3.92. The van der Waals surface area contributed by atoms with E-state index >= 15 is 0 Å². The number of carbonyl (C=O) groups excluding carboxylic acids is 1. The number of benzene rings is 1. The molecule has 2 aromatic rings. The van der Waals surface area contributed by atoms with E-state index in [1.54, 1.807) is 24.3 Å². The summed E-state index contributed by atoms with van der Waals surface area (Å²) in [5.41, 5.74) is 7.03. The van der Waals surface area contributed by atoms with Crippen LogP contribution in [0.2, 0.25) is 0 Å². The molecule has 1 aromatic carbocycles. The van der Waals surface area contributed by atoms with Crippen molar-refractivity contribution in [1.29, 1.82) is 0 Å². The van der Waals surface area contributed by atoms with Crippen molar-refractivity contribution in [2.75, 3.05) is 18.4 Å². The van der Waals surface area contributed by atoms with Gasteiger partial charge >= 0.3 is 0 Å². The number of fused-ring (bicyclic) bond motifs is 3. The molecular formula is C18H24N6O2. The molecule has 0 spiro atoms. The maximum atomic E-state index is 12.7. The van der Waals surface area contributed by atoms with Crippen molar-refractivity contribution in [1.82, 2.24) is 19.9 Å². The van der Waals surface area contributed by atoms with E-state index in [4.69, 9.17) is 5.73 Å². The number of nitrogens with zero attached hydrogens (tertiary/aromatic N) is 4. The Hall–Kier alpha value is -2.45. The number of phenolic OH excluding ortho intramolecular Hbond substituents is 1. The Morgan fingerprint density at radius 1 is 1.42 bits per heavy atom. The molecular weight excluding hydrogens is 332 g/mol. The lowest BCUT2D eigenvalue weighted by Crippen LogP contribution is -2.57. The van der Waals surface area contributed by atoms with Gasteiger partial charge in [0.05, 0.1) is 18.2 Å². The van der Waals surface area contributed by atoms with E-state index in [0.717, 1.165) is 38.2 Å². The molecule has 5 rings (SSSR count). The van der Waals surface area contributed by atoms with E-state index in [1.807, 2.05) is 10.9 Å². The number of anilines is 1. The van der Waals surface area contributed by atoms with Crippen molar-refractivity contribution < 1.29 is 9.90 Å². The Morgan fingerprint density at radius 2 is 2.31 bits per heavy atom. The highest BCUT2D eigenvalue weighted by Gasteiger charge is 2.43. The van der Waals surface area contributed by atoms with E-state index in [2.05, 4.69) is 20.5 Å². The fourth-order valence-electron chi connectivity index (χ4n) is 4.18. The molecule has 3 fully saturated rings. The molecule has 4 N–H and O–H groups in total. The zero-order chi connectivity index (χ0) is 18.1. The molecule has 4 atom stereocenters. The van der Waals surface area contributed by atoms with Crippen LogP contribution in [-0.2, 0) is 17.9 Å². The quantitative estimate of drug-likeness (QED) is 0.731. The van der Waals surface area contributed by atoms with Gasteiger partial charge in [-0.1, -0.05) is 11.3 Å². The van der Waals surface area contributed by atoms with E-state index in [-0.39, 0.29) is 17.6 Å². The first-order valence-corrected chi connectivity index (χ1v) is 9.05. The van der Waals surface area contributed by atoms with Gasteiger partial charge in [-0.05, 0) is 37.4 Å². The average Bonchev–Trinajstić information content (AvgIpc) is 3.10. The molecule has 0 aliphatic carbocycles. The second-order valence-electron chi connectivity index (χ2n) is 7.22. The van der Waals surface area contributed by atoms with E-state index in [9.17, 15) is 9.90 Å². The third-order valence-corrected chi connectivity index (χ3v) is 5.52. The molecule has 8 nitrogen and oxygen atoms in total. The predicted molar refractivity (Wildman–Crippen MR) is 96.2 cm³/mol.